The zero-order chi connectivity index (χ0) is 28.8. The molecule has 0 saturated heterocycles. The van der Waals surface area contributed by atoms with Gasteiger partial charge in [-0.1, -0.05) is 48.5 Å². The second-order valence-electron chi connectivity index (χ2n) is 8.94. The Morgan fingerprint density at radius 3 is 2.05 bits per heavy atom. The number of carboxylic acids is 1. The van der Waals surface area contributed by atoms with Crippen LogP contribution in [0.5, 0.6) is 11.5 Å². The molecule has 0 aromatic heterocycles. The van der Waals surface area contributed by atoms with Gasteiger partial charge in [0.2, 0.25) is 0 Å². The van der Waals surface area contributed by atoms with Crippen molar-refractivity contribution in [2.45, 2.75) is 50.2 Å². The van der Waals surface area contributed by atoms with Crippen LogP contribution in [0.3, 0.4) is 0 Å². The number of rotatable bonds is 11. The predicted octanol–water partition coefficient (Wildman–Crippen LogP) is 5.06. The van der Waals surface area contributed by atoms with Gasteiger partial charge >= 0.3 is 12.4 Å². The Bertz CT molecular complexity index is 1230. The van der Waals surface area contributed by atoms with E-state index in [2.05, 4.69) is 0 Å². The van der Waals surface area contributed by atoms with Gasteiger partial charge in [0.05, 0.1) is 0 Å². The second-order valence-corrected chi connectivity index (χ2v) is 8.94. The van der Waals surface area contributed by atoms with Crippen molar-refractivity contribution in [2.75, 3.05) is 6.61 Å². The molecule has 3 aromatic carbocycles. The summed E-state index contributed by atoms with van der Waals surface area (Å²) in [5.74, 6) is -0.699. The summed E-state index contributed by atoms with van der Waals surface area (Å²) < 4.78 is 91.5. The van der Waals surface area contributed by atoms with Crippen molar-refractivity contribution in [2.24, 2.45) is 0 Å². The molecule has 5 nitrogen and oxygen atoms in total. The van der Waals surface area contributed by atoms with Gasteiger partial charge < -0.3 is 24.5 Å². The zero-order valence-electron chi connectivity index (χ0n) is 20.7. The van der Waals surface area contributed by atoms with Crippen LogP contribution >= 0.6 is 0 Å². The molecule has 0 saturated carbocycles. The highest BCUT2D eigenvalue weighted by Crippen LogP contribution is 2.50. The van der Waals surface area contributed by atoms with Crippen molar-refractivity contribution in [1.29, 1.82) is 0 Å². The zero-order valence-corrected chi connectivity index (χ0v) is 20.7. The van der Waals surface area contributed by atoms with Gasteiger partial charge in [-0.3, -0.25) is 0 Å². The number of benzene rings is 3. The lowest BCUT2D eigenvalue weighted by molar-refractivity contribution is -0.376. The van der Waals surface area contributed by atoms with E-state index in [-0.39, 0.29) is 30.8 Å². The topological polar surface area (TPSA) is 78.8 Å². The Balaban J connectivity index is 1.81. The van der Waals surface area contributed by atoms with Crippen LogP contribution in [-0.4, -0.2) is 36.1 Å². The Kier molecular flexibility index (Phi) is 9.16. The number of aliphatic carboxylic acids is 1. The normalized spacial score (nSPS) is 13.1. The van der Waals surface area contributed by atoms with E-state index in [1.165, 1.54) is 6.92 Å². The van der Waals surface area contributed by atoms with Crippen molar-refractivity contribution < 1.29 is 50.8 Å². The largest absolute Gasteiger partial charge is 0.550 e. The van der Waals surface area contributed by atoms with Gasteiger partial charge in [-0.05, 0) is 60.7 Å². The molecule has 11 heteroatoms. The Hall–Kier alpha value is -3.73. The maximum Gasteiger partial charge on any atom is 0.430 e. The quantitative estimate of drug-likeness (QED) is 0.335. The van der Waals surface area contributed by atoms with E-state index in [1.54, 1.807) is 36.4 Å². The minimum Gasteiger partial charge on any atom is -0.550 e. The lowest BCUT2D eigenvalue weighted by Crippen LogP contribution is -2.53. The summed E-state index contributed by atoms with van der Waals surface area (Å²) >= 11 is 0. The van der Waals surface area contributed by atoms with Gasteiger partial charge in [-0.15, -0.1) is 0 Å². The summed E-state index contributed by atoms with van der Waals surface area (Å²) in [6.07, 6.45) is -12.2. The maximum absolute atomic E-state index is 13.3. The minimum atomic E-state index is -6.00. The van der Waals surface area contributed by atoms with Gasteiger partial charge in [0.15, 0.2) is 0 Å². The van der Waals surface area contributed by atoms with Crippen LogP contribution in [0, 0.1) is 6.92 Å². The molecule has 0 bridgehead atoms. The number of ether oxygens (including phenoxy) is 2. The molecule has 39 heavy (non-hydrogen) atoms. The fourth-order valence-corrected chi connectivity index (χ4v) is 3.87. The van der Waals surface area contributed by atoms with Crippen molar-refractivity contribution in [3.05, 3.63) is 95.1 Å². The number of carbonyl (C=O) groups is 1. The smallest absolute Gasteiger partial charge is 0.430 e. The van der Waals surface area contributed by atoms with Gasteiger partial charge in [0, 0.05) is 18.0 Å². The molecule has 3 rings (SSSR count). The van der Waals surface area contributed by atoms with Crippen LogP contribution in [0.1, 0.15) is 28.7 Å². The fraction of sp³-hybridized carbons (Fsp3) is 0.321. The van der Waals surface area contributed by atoms with Crippen molar-refractivity contribution in [3.8, 4) is 11.5 Å². The first-order valence-electron chi connectivity index (χ1n) is 11.8. The van der Waals surface area contributed by atoms with E-state index in [1.807, 2.05) is 18.2 Å². The molecule has 0 aliphatic carbocycles. The number of hydrogen-bond acceptors (Lipinski definition) is 5. The highest BCUT2D eigenvalue weighted by atomic mass is 19.4. The molecule has 0 spiro atoms. The van der Waals surface area contributed by atoms with E-state index in [9.17, 15) is 41.4 Å². The minimum absolute atomic E-state index is 0.0209. The fourth-order valence-electron chi connectivity index (χ4n) is 3.87. The third-order valence-electron chi connectivity index (χ3n) is 5.99. The van der Waals surface area contributed by atoms with Crippen LogP contribution in [0.15, 0.2) is 72.8 Å². The number of aryl methyl sites for hydroxylation is 2. The molecular weight excluding hydrogens is 530 g/mol. The summed E-state index contributed by atoms with van der Waals surface area (Å²) in [4.78, 5) is 10.6. The van der Waals surface area contributed by atoms with Crippen LogP contribution in [0.2, 0.25) is 0 Å². The number of halogens is 6. The SMILES string of the molecule is Cc1cc(C(O)(C(F)(F)F)C(F)(F)F)ccc1O[C@H](COc1ccc(CCC(=O)[O-])cc1)Cc1ccccc1. The monoisotopic (exact) mass is 555 g/mol. The number of carboxylic acid groups (broad SMARTS) is 1. The van der Waals surface area contributed by atoms with Crippen LogP contribution in [0.4, 0.5) is 26.3 Å². The number of alkyl halides is 6. The highest BCUT2D eigenvalue weighted by Gasteiger charge is 2.71. The molecule has 0 radical (unpaired) electrons. The van der Waals surface area contributed by atoms with Crippen LogP contribution < -0.4 is 14.6 Å². The van der Waals surface area contributed by atoms with Crippen LogP contribution in [0.25, 0.3) is 0 Å². The van der Waals surface area contributed by atoms with Crippen LogP contribution in [-0.2, 0) is 23.2 Å². The molecule has 0 heterocycles. The first-order valence-corrected chi connectivity index (χ1v) is 11.8. The van der Waals surface area contributed by atoms with E-state index in [4.69, 9.17) is 9.47 Å². The summed E-state index contributed by atoms with van der Waals surface area (Å²) in [6.45, 7) is 1.25. The lowest BCUT2D eigenvalue weighted by Gasteiger charge is -2.33. The van der Waals surface area contributed by atoms with E-state index < -0.39 is 35.6 Å². The van der Waals surface area contributed by atoms with E-state index in [0.717, 1.165) is 17.2 Å². The van der Waals surface area contributed by atoms with Gasteiger partial charge in [-0.25, -0.2) is 0 Å². The summed E-state index contributed by atoms with van der Waals surface area (Å²) in [6, 6.07) is 17.8. The van der Waals surface area contributed by atoms with Crippen molar-refractivity contribution in [1.82, 2.24) is 0 Å². The van der Waals surface area contributed by atoms with Gasteiger partial charge in [0.1, 0.15) is 24.2 Å². The number of hydrogen-bond donors (Lipinski definition) is 1. The molecule has 210 valence electrons. The summed E-state index contributed by atoms with van der Waals surface area (Å²) in [5, 5.41) is 20.3. The molecule has 0 unspecified atom stereocenters. The lowest BCUT2D eigenvalue weighted by atomic mass is 9.91. The second kappa shape index (κ2) is 12.0. The molecule has 1 N–H and O–H groups in total. The third kappa shape index (κ3) is 7.44. The molecule has 3 aromatic rings. The summed E-state index contributed by atoms with van der Waals surface area (Å²) in [5.41, 5.74) is -4.85. The molecular formula is C28H25F6O5-. The maximum atomic E-state index is 13.3. The highest BCUT2D eigenvalue weighted by molar-refractivity contribution is 5.64. The Labute approximate surface area is 220 Å². The molecule has 1 atom stereocenters. The molecule has 0 aliphatic rings. The summed E-state index contributed by atoms with van der Waals surface area (Å²) in [7, 11) is 0. The first-order chi connectivity index (χ1) is 18.2. The average molecular weight is 555 g/mol. The Morgan fingerprint density at radius 1 is 0.897 bits per heavy atom. The molecule has 0 aliphatic heterocycles. The van der Waals surface area contributed by atoms with Gasteiger partial charge in [-0.2, -0.15) is 26.3 Å². The first kappa shape index (κ1) is 29.8. The average Bonchev–Trinajstić information content (AvgIpc) is 2.86. The standard InChI is InChI=1S/C28H26F6O5/c1-18-15-21(26(37,27(29,30)31)28(32,33)34)10-13-24(18)39-23(16-20-5-3-2-4-6-20)17-38-22-11-7-19(8-12-22)9-14-25(35)36/h2-8,10-13,15,23,37H,9,14,16-17H2,1H3,(H,35,36)/p-1/t23-/m0/s1. The van der Waals surface area contributed by atoms with E-state index in [0.29, 0.717) is 24.3 Å². The van der Waals surface area contributed by atoms with Gasteiger partial charge in [0.25, 0.3) is 5.60 Å². The van der Waals surface area contributed by atoms with E-state index >= 15 is 0 Å². The molecule has 0 amide bonds. The molecule has 0 fully saturated rings. The number of aliphatic hydroxyl groups is 1. The number of carbonyl (C=O) groups excluding carboxylic acids is 1. The van der Waals surface area contributed by atoms with Crippen molar-refractivity contribution >= 4 is 5.97 Å². The third-order valence-corrected chi connectivity index (χ3v) is 5.99. The predicted molar refractivity (Wildman–Crippen MR) is 127 cm³/mol. The van der Waals surface area contributed by atoms with Crippen molar-refractivity contribution in [3.63, 3.8) is 0 Å². The Morgan fingerprint density at radius 2 is 1.51 bits per heavy atom.